The second kappa shape index (κ2) is 9.52. The largest absolute Gasteiger partial charge is 0.489 e. The molecular weight excluding hydrogens is 418 g/mol. The van der Waals surface area contributed by atoms with Crippen molar-refractivity contribution in [3.8, 4) is 11.5 Å². The molecule has 0 saturated heterocycles. The Balaban J connectivity index is 1.33. The van der Waals surface area contributed by atoms with Crippen molar-refractivity contribution in [1.29, 1.82) is 0 Å². The molecule has 3 nitrogen and oxygen atoms in total. The van der Waals surface area contributed by atoms with Crippen molar-refractivity contribution < 1.29 is 9.47 Å². The predicted octanol–water partition coefficient (Wildman–Crippen LogP) is 7.09. The van der Waals surface area contributed by atoms with Crippen LogP contribution in [0.3, 0.4) is 0 Å². The lowest BCUT2D eigenvalue weighted by molar-refractivity contribution is 0.130. The number of rotatable bonds is 6. The van der Waals surface area contributed by atoms with Crippen molar-refractivity contribution in [1.82, 2.24) is 5.32 Å². The highest BCUT2D eigenvalue weighted by atomic mass is 16.5. The summed E-state index contributed by atoms with van der Waals surface area (Å²) in [7, 11) is 0. The van der Waals surface area contributed by atoms with E-state index in [0.29, 0.717) is 0 Å². The van der Waals surface area contributed by atoms with Crippen LogP contribution >= 0.6 is 0 Å². The number of fused-ring (bicyclic) bond motifs is 2. The van der Waals surface area contributed by atoms with E-state index in [2.05, 4.69) is 111 Å². The zero-order valence-corrected chi connectivity index (χ0v) is 20.3. The molecule has 4 aromatic rings. The van der Waals surface area contributed by atoms with Crippen LogP contribution in [0.15, 0.2) is 91.0 Å². The number of para-hydroxylation sites is 1. The minimum atomic E-state index is -0.222. The molecule has 1 aliphatic heterocycles. The first kappa shape index (κ1) is 22.5. The van der Waals surface area contributed by atoms with Crippen molar-refractivity contribution in [2.75, 3.05) is 6.54 Å². The monoisotopic (exact) mass is 451 g/mol. The molecule has 0 radical (unpaired) electrons. The molecule has 0 saturated carbocycles. The first-order valence-corrected chi connectivity index (χ1v) is 12.2. The number of ether oxygens (including phenoxy) is 2. The lowest BCUT2D eigenvalue weighted by atomic mass is 9.84. The molecule has 0 amide bonds. The molecule has 5 rings (SSSR count). The summed E-state index contributed by atoms with van der Waals surface area (Å²) < 4.78 is 12.6. The quantitative estimate of drug-likeness (QED) is 0.339. The summed E-state index contributed by atoms with van der Waals surface area (Å²) in [6, 6.07) is 32.1. The Hall–Kier alpha value is -3.30. The second-order valence-electron chi connectivity index (χ2n) is 10.1. The minimum absolute atomic E-state index is 0.0991. The maximum absolute atomic E-state index is 6.43. The molecule has 0 aliphatic carbocycles. The van der Waals surface area contributed by atoms with Gasteiger partial charge in [-0.25, -0.2) is 0 Å². The number of benzene rings is 4. The average molecular weight is 452 g/mol. The number of nitrogens with one attached hydrogen (secondary N) is 1. The highest BCUT2D eigenvalue weighted by Gasteiger charge is 2.29. The van der Waals surface area contributed by atoms with E-state index in [1.165, 1.54) is 27.5 Å². The molecule has 174 valence electrons. The van der Waals surface area contributed by atoms with Gasteiger partial charge in [0.15, 0.2) is 0 Å². The Labute approximate surface area is 202 Å². The average Bonchev–Trinajstić information content (AvgIpc) is 2.83. The van der Waals surface area contributed by atoms with Gasteiger partial charge in [0.25, 0.3) is 0 Å². The van der Waals surface area contributed by atoms with Gasteiger partial charge in [-0.1, -0.05) is 72.8 Å². The molecule has 0 aromatic heterocycles. The molecule has 4 aromatic carbocycles. The summed E-state index contributed by atoms with van der Waals surface area (Å²) in [5.74, 6) is 2.18. The van der Waals surface area contributed by atoms with Crippen molar-refractivity contribution >= 4 is 10.8 Å². The van der Waals surface area contributed by atoms with E-state index in [0.717, 1.165) is 31.0 Å². The van der Waals surface area contributed by atoms with Crippen LogP contribution in [-0.4, -0.2) is 18.2 Å². The van der Waals surface area contributed by atoms with Crippen molar-refractivity contribution in [3.63, 3.8) is 0 Å². The Morgan fingerprint density at radius 2 is 1.65 bits per heavy atom. The molecule has 1 heterocycles. The first-order valence-electron chi connectivity index (χ1n) is 12.2. The zero-order valence-electron chi connectivity index (χ0n) is 20.3. The van der Waals surface area contributed by atoms with E-state index in [1.54, 1.807) is 0 Å². The maximum Gasteiger partial charge on any atom is 0.123 e. The molecule has 2 atom stereocenters. The van der Waals surface area contributed by atoms with Crippen molar-refractivity contribution in [2.45, 2.75) is 51.4 Å². The standard InChI is InChI=1S/C31H33NO2/c1-31(2,3)34-25-14-9-12-23(18-25)29-19-26(33-30-17-7-6-16-28(29)30)21-32-20-24-13-8-11-22-10-4-5-15-27(22)24/h4-18,26,29,32H,19-21H2,1-3H3. The van der Waals surface area contributed by atoms with Crippen LogP contribution in [0, 0.1) is 0 Å². The van der Waals surface area contributed by atoms with Gasteiger partial charge < -0.3 is 14.8 Å². The second-order valence-corrected chi connectivity index (χ2v) is 10.1. The van der Waals surface area contributed by atoms with Crippen molar-refractivity contribution in [3.05, 3.63) is 108 Å². The van der Waals surface area contributed by atoms with Gasteiger partial charge in [-0.05, 0) is 67.3 Å². The summed E-state index contributed by atoms with van der Waals surface area (Å²) in [6.45, 7) is 7.87. The Morgan fingerprint density at radius 3 is 2.53 bits per heavy atom. The SMILES string of the molecule is CC(C)(C)Oc1cccc(C2CC(CNCc3cccc4ccccc34)Oc3ccccc32)c1. The van der Waals surface area contributed by atoms with Crippen LogP contribution in [0.25, 0.3) is 10.8 Å². The Kier molecular flexibility index (Phi) is 6.30. The number of hydrogen-bond acceptors (Lipinski definition) is 3. The molecular formula is C31H33NO2. The van der Waals surface area contributed by atoms with Crippen LogP contribution in [0.4, 0.5) is 0 Å². The van der Waals surface area contributed by atoms with E-state index in [1.807, 2.05) is 6.07 Å². The van der Waals surface area contributed by atoms with Gasteiger partial charge in [-0.15, -0.1) is 0 Å². The highest BCUT2D eigenvalue weighted by molar-refractivity contribution is 5.85. The predicted molar refractivity (Wildman–Crippen MR) is 140 cm³/mol. The summed E-state index contributed by atoms with van der Waals surface area (Å²) in [6.07, 6.45) is 1.03. The summed E-state index contributed by atoms with van der Waals surface area (Å²) in [5.41, 5.74) is 3.62. The zero-order chi connectivity index (χ0) is 23.5. The fourth-order valence-electron chi connectivity index (χ4n) is 4.90. The van der Waals surface area contributed by atoms with Crippen molar-refractivity contribution in [2.24, 2.45) is 0 Å². The molecule has 34 heavy (non-hydrogen) atoms. The normalized spacial score (nSPS) is 17.7. The van der Waals surface area contributed by atoms with Crippen LogP contribution in [0.5, 0.6) is 11.5 Å². The molecule has 1 aliphatic rings. The number of hydrogen-bond donors (Lipinski definition) is 1. The van der Waals surface area contributed by atoms with E-state index in [-0.39, 0.29) is 17.6 Å². The lowest BCUT2D eigenvalue weighted by Crippen LogP contribution is -2.35. The fraction of sp³-hybridized carbons (Fsp3) is 0.290. The Bertz CT molecular complexity index is 1270. The van der Waals surface area contributed by atoms with Crippen LogP contribution in [0.2, 0.25) is 0 Å². The maximum atomic E-state index is 6.43. The molecule has 3 heteroatoms. The van der Waals surface area contributed by atoms with Gasteiger partial charge in [-0.3, -0.25) is 0 Å². The van der Waals surface area contributed by atoms with Gasteiger partial charge >= 0.3 is 0 Å². The van der Waals surface area contributed by atoms with E-state index < -0.39 is 0 Å². The first-order chi connectivity index (χ1) is 16.5. The van der Waals surface area contributed by atoms with E-state index >= 15 is 0 Å². The van der Waals surface area contributed by atoms with Gasteiger partial charge in [0.2, 0.25) is 0 Å². The molecule has 0 spiro atoms. The summed E-state index contributed by atoms with van der Waals surface area (Å²) in [4.78, 5) is 0. The smallest absolute Gasteiger partial charge is 0.123 e. The summed E-state index contributed by atoms with van der Waals surface area (Å²) in [5, 5.41) is 6.25. The van der Waals surface area contributed by atoms with Gasteiger partial charge in [-0.2, -0.15) is 0 Å². The third-order valence-corrected chi connectivity index (χ3v) is 6.34. The molecule has 1 N–H and O–H groups in total. The van der Waals surface area contributed by atoms with Gasteiger partial charge in [0.1, 0.15) is 23.2 Å². The topological polar surface area (TPSA) is 30.5 Å². The minimum Gasteiger partial charge on any atom is -0.489 e. The molecule has 0 bridgehead atoms. The van der Waals surface area contributed by atoms with Crippen LogP contribution < -0.4 is 14.8 Å². The van der Waals surface area contributed by atoms with Crippen LogP contribution in [0.1, 0.15) is 49.8 Å². The lowest BCUT2D eigenvalue weighted by Gasteiger charge is -2.33. The van der Waals surface area contributed by atoms with Crippen LogP contribution in [-0.2, 0) is 6.54 Å². The fourth-order valence-corrected chi connectivity index (χ4v) is 4.90. The van der Waals surface area contributed by atoms with Gasteiger partial charge in [0, 0.05) is 24.6 Å². The Morgan fingerprint density at radius 1 is 0.882 bits per heavy atom. The van der Waals surface area contributed by atoms with E-state index in [9.17, 15) is 0 Å². The third-order valence-electron chi connectivity index (χ3n) is 6.34. The van der Waals surface area contributed by atoms with E-state index in [4.69, 9.17) is 9.47 Å². The van der Waals surface area contributed by atoms with Gasteiger partial charge in [0.05, 0.1) is 0 Å². The molecule has 0 fully saturated rings. The highest BCUT2D eigenvalue weighted by Crippen LogP contribution is 2.41. The molecule has 2 unspecified atom stereocenters. The summed E-state index contributed by atoms with van der Waals surface area (Å²) >= 11 is 0. The third kappa shape index (κ3) is 5.10.